The molecule has 1 N–H and O–H groups in total. The van der Waals surface area contributed by atoms with E-state index in [0.717, 1.165) is 5.56 Å². The van der Waals surface area contributed by atoms with Crippen molar-refractivity contribution in [2.24, 2.45) is 0 Å². The minimum absolute atomic E-state index is 0.157. The van der Waals surface area contributed by atoms with E-state index < -0.39 is 10.0 Å². The van der Waals surface area contributed by atoms with Crippen molar-refractivity contribution < 1.29 is 8.42 Å². The van der Waals surface area contributed by atoms with E-state index in [1.807, 2.05) is 35.6 Å². The molecule has 2 aromatic carbocycles. The molecule has 2 rings (SSSR count). The van der Waals surface area contributed by atoms with E-state index in [1.165, 1.54) is 18.2 Å². The molecular formula is C14H10ClIN2O2S. The largest absolute Gasteiger partial charge is 0.277 e. The second-order valence-electron chi connectivity index (χ2n) is 4.35. The van der Waals surface area contributed by atoms with Crippen molar-refractivity contribution in [1.82, 2.24) is 0 Å². The van der Waals surface area contributed by atoms with E-state index in [9.17, 15) is 8.42 Å². The fourth-order valence-corrected chi connectivity index (χ4v) is 4.17. The van der Waals surface area contributed by atoms with Crippen LogP contribution in [0.15, 0.2) is 41.3 Å². The molecule has 0 aliphatic carbocycles. The summed E-state index contributed by atoms with van der Waals surface area (Å²) in [6, 6.07) is 11.5. The molecule has 7 heteroatoms. The number of rotatable bonds is 3. The maximum absolute atomic E-state index is 12.3. The van der Waals surface area contributed by atoms with E-state index in [1.54, 1.807) is 18.2 Å². The van der Waals surface area contributed by atoms with Gasteiger partial charge in [-0.05, 0) is 53.8 Å². The predicted octanol–water partition coefficient (Wildman–Crippen LogP) is 3.93. The molecule has 21 heavy (non-hydrogen) atoms. The first kappa shape index (κ1) is 16.1. The number of benzene rings is 2. The Hall–Kier alpha value is -1.30. The Bertz CT molecular complexity index is 804. The molecule has 0 fully saturated rings. The van der Waals surface area contributed by atoms with Crippen molar-refractivity contribution in [3.8, 4) is 6.07 Å². The van der Waals surface area contributed by atoms with E-state index in [0.29, 0.717) is 9.13 Å². The first-order valence-electron chi connectivity index (χ1n) is 5.82. The predicted molar refractivity (Wildman–Crippen MR) is 90.9 cm³/mol. The Kier molecular flexibility index (Phi) is 4.76. The molecule has 2 aromatic rings. The molecule has 0 heterocycles. The summed E-state index contributed by atoms with van der Waals surface area (Å²) in [7, 11) is -3.72. The van der Waals surface area contributed by atoms with Crippen molar-refractivity contribution >= 4 is 49.9 Å². The molecule has 0 unspecified atom stereocenters. The SMILES string of the molecule is Cc1ccc(S(=O)(=O)Nc2c(Cl)cc(C#N)cc2I)cc1. The number of hydrogen-bond donors (Lipinski definition) is 1. The third-order valence-corrected chi connectivity index (χ3v) is 5.25. The van der Waals surface area contributed by atoms with Crippen LogP contribution < -0.4 is 4.72 Å². The fourth-order valence-electron chi connectivity index (χ4n) is 1.65. The van der Waals surface area contributed by atoms with Crippen LogP contribution in [-0.4, -0.2) is 8.42 Å². The third kappa shape index (κ3) is 3.67. The summed E-state index contributed by atoms with van der Waals surface area (Å²) in [6.45, 7) is 1.88. The molecule has 108 valence electrons. The van der Waals surface area contributed by atoms with Crippen LogP contribution in [0.2, 0.25) is 5.02 Å². The Morgan fingerprint density at radius 3 is 2.38 bits per heavy atom. The summed E-state index contributed by atoms with van der Waals surface area (Å²) in [5.74, 6) is 0. The van der Waals surface area contributed by atoms with Gasteiger partial charge in [0.2, 0.25) is 0 Å². The molecule has 0 spiro atoms. The van der Waals surface area contributed by atoms with Gasteiger partial charge in [0.15, 0.2) is 0 Å². The minimum Gasteiger partial charge on any atom is -0.277 e. The molecule has 0 aliphatic rings. The highest BCUT2D eigenvalue weighted by Gasteiger charge is 2.18. The van der Waals surface area contributed by atoms with E-state index in [-0.39, 0.29) is 15.6 Å². The summed E-state index contributed by atoms with van der Waals surface area (Å²) in [6.07, 6.45) is 0. The maximum Gasteiger partial charge on any atom is 0.261 e. The van der Waals surface area contributed by atoms with Crippen LogP contribution in [0.5, 0.6) is 0 Å². The van der Waals surface area contributed by atoms with Gasteiger partial charge in [0, 0.05) is 3.57 Å². The lowest BCUT2D eigenvalue weighted by Gasteiger charge is -2.12. The monoisotopic (exact) mass is 432 g/mol. The average Bonchev–Trinajstić information content (AvgIpc) is 2.43. The third-order valence-electron chi connectivity index (χ3n) is 2.74. The summed E-state index contributed by atoms with van der Waals surface area (Å²) < 4.78 is 27.7. The van der Waals surface area contributed by atoms with Crippen molar-refractivity contribution in [2.75, 3.05) is 4.72 Å². The van der Waals surface area contributed by atoms with Gasteiger partial charge in [-0.15, -0.1) is 0 Å². The number of sulfonamides is 1. The smallest absolute Gasteiger partial charge is 0.261 e. The number of hydrogen-bond acceptors (Lipinski definition) is 3. The standard InChI is InChI=1S/C14H10ClIN2O2S/c1-9-2-4-11(5-3-9)21(19,20)18-14-12(15)6-10(8-17)7-13(14)16/h2-7,18H,1H3. The molecule has 0 aromatic heterocycles. The number of anilines is 1. The maximum atomic E-state index is 12.3. The number of halogens is 2. The summed E-state index contributed by atoms with van der Waals surface area (Å²) >= 11 is 7.99. The Morgan fingerprint density at radius 1 is 1.24 bits per heavy atom. The fraction of sp³-hybridized carbons (Fsp3) is 0.0714. The highest BCUT2D eigenvalue weighted by molar-refractivity contribution is 14.1. The van der Waals surface area contributed by atoms with Gasteiger partial charge >= 0.3 is 0 Å². The molecule has 0 bridgehead atoms. The van der Waals surface area contributed by atoms with Crippen LogP contribution in [0.4, 0.5) is 5.69 Å². The summed E-state index contributed by atoms with van der Waals surface area (Å²) in [4.78, 5) is 0.157. The highest BCUT2D eigenvalue weighted by Crippen LogP contribution is 2.31. The van der Waals surface area contributed by atoms with Crippen LogP contribution in [0.25, 0.3) is 0 Å². The molecule has 0 aliphatic heterocycles. The van der Waals surface area contributed by atoms with Crippen LogP contribution in [0.3, 0.4) is 0 Å². The molecule has 0 radical (unpaired) electrons. The number of nitrogens with one attached hydrogen (secondary N) is 1. The van der Waals surface area contributed by atoms with Gasteiger partial charge in [-0.3, -0.25) is 4.72 Å². The van der Waals surface area contributed by atoms with Crippen molar-refractivity contribution in [3.05, 3.63) is 56.1 Å². The molecule has 4 nitrogen and oxygen atoms in total. The van der Waals surface area contributed by atoms with Gasteiger partial charge in [-0.1, -0.05) is 29.3 Å². The van der Waals surface area contributed by atoms with Gasteiger partial charge in [0.1, 0.15) is 0 Å². The van der Waals surface area contributed by atoms with Gasteiger partial charge in [-0.2, -0.15) is 5.26 Å². The lowest BCUT2D eigenvalue weighted by atomic mass is 10.2. The lowest BCUT2D eigenvalue weighted by molar-refractivity contribution is 0.601. The van der Waals surface area contributed by atoms with Crippen LogP contribution >= 0.6 is 34.2 Å². The number of nitrogens with zero attached hydrogens (tertiary/aromatic N) is 1. The topological polar surface area (TPSA) is 70.0 Å². The van der Waals surface area contributed by atoms with Gasteiger partial charge in [-0.25, -0.2) is 8.42 Å². The first-order chi connectivity index (χ1) is 9.83. The van der Waals surface area contributed by atoms with Gasteiger partial charge < -0.3 is 0 Å². The van der Waals surface area contributed by atoms with Crippen LogP contribution in [-0.2, 0) is 10.0 Å². The Morgan fingerprint density at radius 2 is 1.86 bits per heavy atom. The summed E-state index contributed by atoms with van der Waals surface area (Å²) in [5, 5.41) is 9.05. The highest BCUT2D eigenvalue weighted by atomic mass is 127. The zero-order chi connectivity index (χ0) is 15.6. The molecule has 0 saturated heterocycles. The number of nitriles is 1. The second kappa shape index (κ2) is 6.22. The number of aryl methyl sites for hydroxylation is 1. The normalized spacial score (nSPS) is 11.0. The minimum atomic E-state index is -3.72. The van der Waals surface area contributed by atoms with Crippen LogP contribution in [0, 0.1) is 21.8 Å². The zero-order valence-corrected chi connectivity index (χ0v) is 14.6. The van der Waals surface area contributed by atoms with E-state index >= 15 is 0 Å². The Labute approximate surface area is 141 Å². The molecule has 0 amide bonds. The lowest BCUT2D eigenvalue weighted by Crippen LogP contribution is -2.14. The van der Waals surface area contributed by atoms with Crippen molar-refractivity contribution in [2.45, 2.75) is 11.8 Å². The molecular weight excluding hydrogens is 423 g/mol. The van der Waals surface area contributed by atoms with E-state index in [2.05, 4.69) is 4.72 Å². The first-order valence-corrected chi connectivity index (χ1v) is 8.76. The average molecular weight is 433 g/mol. The second-order valence-corrected chi connectivity index (χ2v) is 7.60. The van der Waals surface area contributed by atoms with Gasteiger partial charge in [0.05, 0.1) is 27.2 Å². The van der Waals surface area contributed by atoms with Crippen molar-refractivity contribution in [3.63, 3.8) is 0 Å². The van der Waals surface area contributed by atoms with E-state index in [4.69, 9.17) is 16.9 Å². The quantitative estimate of drug-likeness (QED) is 0.747. The summed E-state index contributed by atoms with van der Waals surface area (Å²) in [5.41, 5.74) is 1.62. The molecule has 0 atom stereocenters. The Balaban J connectivity index is 2.42. The van der Waals surface area contributed by atoms with Crippen molar-refractivity contribution in [1.29, 1.82) is 5.26 Å². The van der Waals surface area contributed by atoms with Crippen LogP contribution in [0.1, 0.15) is 11.1 Å². The molecule has 0 saturated carbocycles. The van der Waals surface area contributed by atoms with Gasteiger partial charge in [0.25, 0.3) is 10.0 Å². The zero-order valence-electron chi connectivity index (χ0n) is 10.9.